The largest absolute Gasteiger partial charge is 0.298 e. The van der Waals surface area contributed by atoms with Crippen LogP contribution in [0.15, 0.2) is 71.6 Å². The van der Waals surface area contributed by atoms with E-state index >= 15 is 0 Å². The quantitative estimate of drug-likeness (QED) is 0.182. The first kappa shape index (κ1) is 22.9. The average Bonchev–Trinajstić information content (AvgIpc) is 2.70. The molecular formula is C24H22F2OS2. The molecule has 0 amide bonds. The lowest BCUT2D eigenvalue weighted by Gasteiger charge is -2.05. The molecule has 0 atom stereocenters. The summed E-state index contributed by atoms with van der Waals surface area (Å²) in [5.74, 6) is -0.536. The van der Waals surface area contributed by atoms with Gasteiger partial charge in [0.2, 0.25) is 0 Å². The minimum Gasteiger partial charge on any atom is -0.298 e. The molecule has 3 aromatic rings. The molecule has 0 aliphatic carbocycles. The molecule has 1 nitrogen and oxygen atoms in total. The van der Waals surface area contributed by atoms with Crippen molar-refractivity contribution in [2.45, 2.75) is 25.2 Å². The Labute approximate surface area is 180 Å². The van der Waals surface area contributed by atoms with Crippen molar-refractivity contribution < 1.29 is 13.6 Å². The van der Waals surface area contributed by atoms with E-state index in [4.69, 9.17) is 12.2 Å². The highest BCUT2D eigenvalue weighted by molar-refractivity contribution is 7.99. The third-order valence-corrected chi connectivity index (χ3v) is 5.68. The Kier molecular flexibility index (Phi) is 9.16. The van der Waals surface area contributed by atoms with Crippen molar-refractivity contribution in [1.29, 1.82) is 0 Å². The minimum atomic E-state index is -0.621. The van der Waals surface area contributed by atoms with Crippen LogP contribution in [0.3, 0.4) is 0 Å². The van der Waals surface area contributed by atoms with Gasteiger partial charge in [0.15, 0.2) is 0 Å². The molecule has 0 bridgehead atoms. The lowest BCUT2D eigenvalue weighted by molar-refractivity contribution is 0.112. The van der Waals surface area contributed by atoms with E-state index in [9.17, 15) is 13.6 Å². The van der Waals surface area contributed by atoms with Gasteiger partial charge in [-0.25, -0.2) is 8.78 Å². The van der Waals surface area contributed by atoms with Gasteiger partial charge < -0.3 is 0 Å². The van der Waals surface area contributed by atoms with E-state index in [1.165, 1.54) is 23.3 Å². The number of thiocarbonyl (C=S) groups is 1. The van der Waals surface area contributed by atoms with Crippen LogP contribution in [0.4, 0.5) is 8.78 Å². The van der Waals surface area contributed by atoms with Crippen LogP contribution in [0.1, 0.15) is 33.5 Å². The zero-order valence-corrected chi connectivity index (χ0v) is 18.0. The predicted octanol–water partition coefficient (Wildman–Crippen LogP) is 6.98. The zero-order chi connectivity index (χ0) is 21.2. The van der Waals surface area contributed by atoms with Gasteiger partial charge in [-0.05, 0) is 61.2 Å². The maximum Gasteiger partial charge on any atom is 0.150 e. The smallest absolute Gasteiger partial charge is 0.150 e. The van der Waals surface area contributed by atoms with Crippen molar-refractivity contribution >= 4 is 35.1 Å². The summed E-state index contributed by atoms with van der Waals surface area (Å²) in [4.78, 5) is 12.1. The molecule has 0 saturated heterocycles. The van der Waals surface area contributed by atoms with E-state index in [2.05, 4.69) is 38.1 Å². The highest BCUT2D eigenvalue weighted by Gasteiger charge is 2.06. The Bertz CT molecular complexity index is 928. The van der Waals surface area contributed by atoms with E-state index in [1.807, 2.05) is 12.1 Å². The van der Waals surface area contributed by atoms with E-state index in [0.717, 1.165) is 17.2 Å². The van der Waals surface area contributed by atoms with Gasteiger partial charge >= 0.3 is 0 Å². The van der Waals surface area contributed by atoms with E-state index < -0.39 is 11.6 Å². The molecule has 5 heteroatoms. The van der Waals surface area contributed by atoms with Gasteiger partial charge in [0, 0.05) is 27.1 Å². The molecule has 0 radical (unpaired) electrons. The van der Waals surface area contributed by atoms with Gasteiger partial charge in [0.25, 0.3) is 0 Å². The van der Waals surface area contributed by atoms with E-state index in [0.29, 0.717) is 28.2 Å². The van der Waals surface area contributed by atoms with Crippen LogP contribution < -0.4 is 0 Å². The highest BCUT2D eigenvalue weighted by atomic mass is 32.2. The summed E-state index contributed by atoms with van der Waals surface area (Å²) in [7, 11) is 0. The van der Waals surface area contributed by atoms with Crippen molar-refractivity contribution in [2.24, 2.45) is 0 Å². The van der Waals surface area contributed by atoms with Crippen molar-refractivity contribution in [1.82, 2.24) is 0 Å². The van der Waals surface area contributed by atoms with Gasteiger partial charge in [-0.3, -0.25) is 4.79 Å². The summed E-state index contributed by atoms with van der Waals surface area (Å²) in [6, 6.07) is 18.9. The average molecular weight is 429 g/mol. The molecule has 0 unspecified atom stereocenters. The van der Waals surface area contributed by atoms with Crippen molar-refractivity contribution in [3.63, 3.8) is 0 Å². The second-order valence-electron chi connectivity index (χ2n) is 6.45. The first-order valence-electron chi connectivity index (χ1n) is 9.08. The first-order valence-corrected chi connectivity index (χ1v) is 10.5. The SMILES string of the molecule is Cc1ccccc1C.O=Cc1ccc(SCCC(=S)c2cc(F)cc(F)c2)cc1. The van der Waals surface area contributed by atoms with Crippen LogP contribution in [0.25, 0.3) is 0 Å². The van der Waals surface area contributed by atoms with Crippen LogP contribution in [-0.4, -0.2) is 16.9 Å². The number of benzene rings is 3. The first-order chi connectivity index (χ1) is 13.9. The van der Waals surface area contributed by atoms with Crippen LogP contribution in [0.2, 0.25) is 0 Å². The summed E-state index contributed by atoms with van der Waals surface area (Å²) in [5.41, 5.74) is 3.78. The lowest BCUT2D eigenvalue weighted by atomic mass is 10.1. The number of carbonyl (C=O) groups is 1. The molecule has 3 aromatic carbocycles. The molecule has 150 valence electrons. The summed E-state index contributed by atoms with van der Waals surface area (Å²) in [5, 5.41) is 0. The van der Waals surface area contributed by atoms with Gasteiger partial charge in [0.05, 0.1) is 0 Å². The second-order valence-corrected chi connectivity index (χ2v) is 8.11. The van der Waals surface area contributed by atoms with Gasteiger partial charge in [-0.2, -0.15) is 0 Å². The molecule has 0 spiro atoms. The number of hydrogen-bond acceptors (Lipinski definition) is 3. The number of aryl methyl sites for hydroxylation is 2. The summed E-state index contributed by atoms with van der Waals surface area (Å²) in [6.07, 6.45) is 1.35. The van der Waals surface area contributed by atoms with Crippen LogP contribution in [0, 0.1) is 25.5 Å². The molecule has 0 N–H and O–H groups in total. The van der Waals surface area contributed by atoms with E-state index in [1.54, 1.807) is 23.9 Å². The Balaban J connectivity index is 0.000000313. The van der Waals surface area contributed by atoms with Crippen LogP contribution in [-0.2, 0) is 0 Å². The molecule has 0 heterocycles. The van der Waals surface area contributed by atoms with Crippen molar-refractivity contribution in [3.8, 4) is 0 Å². The fourth-order valence-corrected chi connectivity index (χ4v) is 3.65. The normalized spacial score (nSPS) is 10.1. The van der Waals surface area contributed by atoms with Crippen molar-refractivity contribution in [2.75, 3.05) is 5.75 Å². The number of thioether (sulfide) groups is 1. The Hall–Kier alpha value is -2.37. The maximum absolute atomic E-state index is 13.1. The monoisotopic (exact) mass is 428 g/mol. The summed E-state index contributed by atoms with van der Waals surface area (Å²) < 4.78 is 26.2. The third kappa shape index (κ3) is 7.87. The predicted molar refractivity (Wildman–Crippen MR) is 121 cm³/mol. The van der Waals surface area contributed by atoms with Crippen molar-refractivity contribution in [3.05, 3.63) is 101 Å². The fourth-order valence-electron chi connectivity index (χ4n) is 2.43. The maximum atomic E-state index is 13.1. The molecule has 0 aromatic heterocycles. The Morgan fingerprint density at radius 2 is 1.48 bits per heavy atom. The summed E-state index contributed by atoms with van der Waals surface area (Å²) in [6.45, 7) is 4.24. The number of halogens is 2. The Morgan fingerprint density at radius 1 is 0.931 bits per heavy atom. The topological polar surface area (TPSA) is 17.1 Å². The molecule has 0 aliphatic heterocycles. The third-order valence-electron chi connectivity index (χ3n) is 4.22. The molecule has 29 heavy (non-hydrogen) atoms. The fraction of sp³-hybridized carbons (Fsp3) is 0.167. The minimum absolute atomic E-state index is 0.416. The Morgan fingerprint density at radius 3 is 1.97 bits per heavy atom. The van der Waals surface area contributed by atoms with E-state index in [-0.39, 0.29) is 0 Å². The van der Waals surface area contributed by atoms with Crippen LogP contribution >= 0.6 is 24.0 Å². The molecule has 3 rings (SSSR count). The lowest BCUT2D eigenvalue weighted by Crippen LogP contribution is -2.00. The second kappa shape index (κ2) is 11.6. The molecule has 0 saturated carbocycles. The molecule has 0 fully saturated rings. The standard InChI is InChI=1S/C16H12F2OS2.C8H10/c17-13-7-12(8-14(18)9-13)16(20)5-6-21-15-3-1-11(10-19)2-4-15;1-7-5-3-4-6-8(7)2/h1-4,7-10H,5-6H2;3-6H,1-2H3. The zero-order valence-electron chi connectivity index (χ0n) is 16.3. The summed E-state index contributed by atoms with van der Waals surface area (Å²) >= 11 is 6.78. The number of aldehydes is 1. The van der Waals surface area contributed by atoms with Gasteiger partial charge in [-0.15, -0.1) is 11.8 Å². The van der Waals surface area contributed by atoms with Crippen LogP contribution in [0.5, 0.6) is 0 Å². The van der Waals surface area contributed by atoms with Gasteiger partial charge in [0.1, 0.15) is 17.9 Å². The molecular weight excluding hydrogens is 406 g/mol. The number of hydrogen-bond donors (Lipinski definition) is 0. The number of rotatable bonds is 6. The van der Waals surface area contributed by atoms with Gasteiger partial charge in [-0.1, -0.05) is 48.6 Å². The molecule has 0 aliphatic rings. The highest BCUT2D eigenvalue weighted by Crippen LogP contribution is 2.20. The number of carbonyl (C=O) groups excluding carboxylic acids is 1.